The molecule has 3 aromatic rings. The number of hydrogen-bond donors (Lipinski definition) is 1. The summed E-state index contributed by atoms with van der Waals surface area (Å²) in [6.07, 6.45) is 1.12. The fraction of sp³-hybridized carbons (Fsp3) is 0.188. The highest BCUT2D eigenvalue weighted by Crippen LogP contribution is 2.39. The van der Waals surface area contributed by atoms with Gasteiger partial charge in [-0.1, -0.05) is 12.1 Å². The Morgan fingerprint density at radius 1 is 0.920 bits per heavy atom. The van der Waals surface area contributed by atoms with Gasteiger partial charge >= 0.3 is 0 Å². The third kappa shape index (κ3) is 2.86. The summed E-state index contributed by atoms with van der Waals surface area (Å²) in [4.78, 5) is 1.03. The van der Waals surface area contributed by atoms with Crippen LogP contribution in [0.25, 0.3) is 0 Å². The molecule has 1 aromatic heterocycles. The maximum absolute atomic E-state index is 13.7. The lowest BCUT2D eigenvalue weighted by atomic mass is 9.81. The average Bonchev–Trinajstić information content (AvgIpc) is 3.13. The topological polar surface area (TPSA) is 63.8 Å². The molecule has 1 heterocycles. The highest BCUT2D eigenvalue weighted by Gasteiger charge is 2.41. The number of benzene rings is 2. The summed E-state index contributed by atoms with van der Waals surface area (Å²) in [6.45, 7) is 1.48. The zero-order valence-corrected chi connectivity index (χ0v) is 12.9. The van der Waals surface area contributed by atoms with E-state index in [2.05, 4.69) is 15.4 Å². The maximum atomic E-state index is 13.7. The lowest BCUT2D eigenvalue weighted by Gasteiger charge is -2.34. The van der Waals surface area contributed by atoms with Crippen LogP contribution < -0.4 is 0 Å². The lowest BCUT2D eigenvalue weighted by molar-refractivity contribution is 0.0176. The first kappa shape index (κ1) is 17.0. The molecule has 3 rings (SSSR count). The molecule has 0 bridgehead atoms. The molecular weight excluding hydrogens is 340 g/mol. The summed E-state index contributed by atoms with van der Waals surface area (Å²) in [5.41, 5.74) is -2.24. The number of halogens is 4. The summed E-state index contributed by atoms with van der Waals surface area (Å²) >= 11 is 0. The molecule has 25 heavy (non-hydrogen) atoms. The molecule has 0 saturated heterocycles. The summed E-state index contributed by atoms with van der Waals surface area (Å²) in [6, 6.07) is 4.52. The zero-order chi connectivity index (χ0) is 18.2. The van der Waals surface area contributed by atoms with Gasteiger partial charge in [0.1, 0.15) is 11.6 Å². The minimum Gasteiger partial charge on any atom is -0.378 e. The SMILES string of the molecule is CC(n1ncnn1)C(O)(c1ccc(F)c(F)c1)c1ccc(F)c(F)c1. The lowest BCUT2D eigenvalue weighted by Crippen LogP contribution is -2.38. The van der Waals surface area contributed by atoms with Crippen LogP contribution in [-0.2, 0) is 5.60 Å². The quantitative estimate of drug-likeness (QED) is 0.734. The van der Waals surface area contributed by atoms with Crippen molar-refractivity contribution in [1.82, 2.24) is 20.2 Å². The first-order valence-electron chi connectivity index (χ1n) is 7.20. The van der Waals surface area contributed by atoms with Gasteiger partial charge in [0, 0.05) is 0 Å². The van der Waals surface area contributed by atoms with Crippen LogP contribution >= 0.6 is 0 Å². The second-order valence-electron chi connectivity index (χ2n) is 5.46. The van der Waals surface area contributed by atoms with Gasteiger partial charge in [-0.25, -0.2) is 17.6 Å². The summed E-state index contributed by atoms with van der Waals surface area (Å²) in [5.74, 6) is -4.61. The van der Waals surface area contributed by atoms with Gasteiger partial charge < -0.3 is 5.11 Å². The van der Waals surface area contributed by atoms with Crippen LogP contribution in [0.15, 0.2) is 42.7 Å². The predicted molar refractivity (Wildman–Crippen MR) is 78.2 cm³/mol. The Balaban J connectivity index is 2.23. The molecular formula is C16H12F4N4O. The van der Waals surface area contributed by atoms with E-state index in [0.29, 0.717) is 0 Å². The van der Waals surface area contributed by atoms with E-state index in [1.807, 2.05) is 0 Å². The second kappa shape index (κ2) is 6.25. The van der Waals surface area contributed by atoms with Gasteiger partial charge in [-0.3, -0.25) is 0 Å². The second-order valence-corrected chi connectivity index (χ2v) is 5.46. The van der Waals surface area contributed by atoms with E-state index in [1.54, 1.807) is 0 Å². The Kier molecular flexibility index (Phi) is 4.25. The van der Waals surface area contributed by atoms with Crippen LogP contribution in [0.5, 0.6) is 0 Å². The van der Waals surface area contributed by atoms with E-state index in [-0.39, 0.29) is 11.1 Å². The minimum absolute atomic E-state index is 0.0813. The predicted octanol–water partition coefficient (Wildman–Crippen LogP) is 2.73. The van der Waals surface area contributed by atoms with Gasteiger partial charge in [-0.05, 0) is 47.5 Å². The fourth-order valence-corrected chi connectivity index (χ4v) is 2.64. The van der Waals surface area contributed by atoms with E-state index in [1.165, 1.54) is 6.92 Å². The van der Waals surface area contributed by atoms with Gasteiger partial charge in [-0.15, -0.1) is 10.2 Å². The van der Waals surface area contributed by atoms with Crippen molar-refractivity contribution in [2.45, 2.75) is 18.6 Å². The smallest absolute Gasteiger partial charge is 0.162 e. The molecule has 0 spiro atoms. The highest BCUT2D eigenvalue weighted by molar-refractivity contribution is 5.38. The van der Waals surface area contributed by atoms with Crippen molar-refractivity contribution in [2.24, 2.45) is 0 Å². The van der Waals surface area contributed by atoms with Crippen LogP contribution in [0.3, 0.4) is 0 Å². The van der Waals surface area contributed by atoms with Crippen molar-refractivity contribution in [3.63, 3.8) is 0 Å². The van der Waals surface area contributed by atoms with E-state index >= 15 is 0 Å². The number of rotatable bonds is 4. The van der Waals surface area contributed by atoms with Crippen molar-refractivity contribution >= 4 is 0 Å². The Labute approximate surface area is 139 Å². The maximum Gasteiger partial charge on any atom is 0.162 e. The van der Waals surface area contributed by atoms with Gasteiger partial charge in [0.05, 0.1) is 0 Å². The van der Waals surface area contributed by atoms with Crippen LogP contribution in [0.4, 0.5) is 17.6 Å². The number of nitrogens with zero attached hydrogens (tertiary/aromatic N) is 4. The van der Waals surface area contributed by atoms with Crippen molar-refractivity contribution in [3.05, 3.63) is 77.1 Å². The molecule has 0 aliphatic heterocycles. The largest absolute Gasteiger partial charge is 0.378 e. The number of aliphatic hydroxyl groups is 1. The summed E-state index contributed by atoms with van der Waals surface area (Å²) in [7, 11) is 0. The Bertz CT molecular complexity index is 850. The highest BCUT2D eigenvalue weighted by atomic mass is 19.2. The van der Waals surface area contributed by atoms with Crippen LogP contribution in [0.2, 0.25) is 0 Å². The molecule has 1 atom stereocenters. The van der Waals surface area contributed by atoms with Crippen LogP contribution in [0.1, 0.15) is 24.1 Å². The molecule has 0 aliphatic carbocycles. The van der Waals surface area contributed by atoms with E-state index in [4.69, 9.17) is 0 Å². The summed E-state index contributed by atoms with van der Waals surface area (Å²) < 4.78 is 54.0. The molecule has 5 nitrogen and oxygen atoms in total. The third-order valence-corrected chi connectivity index (χ3v) is 4.04. The molecule has 0 fully saturated rings. The van der Waals surface area contributed by atoms with Crippen molar-refractivity contribution in [2.75, 3.05) is 0 Å². The van der Waals surface area contributed by atoms with Gasteiger partial charge in [0.2, 0.25) is 0 Å². The first-order chi connectivity index (χ1) is 11.8. The molecule has 2 aromatic carbocycles. The average molecular weight is 352 g/mol. The monoisotopic (exact) mass is 352 g/mol. The zero-order valence-electron chi connectivity index (χ0n) is 12.9. The molecule has 1 N–H and O–H groups in total. The number of hydrogen-bond acceptors (Lipinski definition) is 4. The molecule has 0 saturated carbocycles. The summed E-state index contributed by atoms with van der Waals surface area (Å²) in [5, 5.41) is 22.3. The van der Waals surface area contributed by atoms with E-state index in [9.17, 15) is 22.7 Å². The molecule has 1 unspecified atom stereocenters. The van der Waals surface area contributed by atoms with E-state index in [0.717, 1.165) is 47.5 Å². The Morgan fingerprint density at radius 3 is 1.84 bits per heavy atom. The van der Waals surface area contributed by atoms with Gasteiger partial charge in [0.25, 0.3) is 0 Å². The van der Waals surface area contributed by atoms with Gasteiger partial charge in [0.15, 0.2) is 29.6 Å². The van der Waals surface area contributed by atoms with Gasteiger partial charge in [-0.2, -0.15) is 4.80 Å². The third-order valence-electron chi connectivity index (χ3n) is 4.04. The van der Waals surface area contributed by atoms with Crippen molar-refractivity contribution < 1.29 is 22.7 Å². The Morgan fingerprint density at radius 2 is 1.44 bits per heavy atom. The molecule has 0 amide bonds. The minimum atomic E-state index is -2.08. The van der Waals surface area contributed by atoms with E-state index < -0.39 is 34.9 Å². The normalized spacial score (nSPS) is 13.0. The van der Waals surface area contributed by atoms with Crippen LogP contribution in [-0.4, -0.2) is 25.3 Å². The Hall–Kier alpha value is -2.81. The van der Waals surface area contributed by atoms with Crippen molar-refractivity contribution in [3.8, 4) is 0 Å². The van der Waals surface area contributed by atoms with Crippen molar-refractivity contribution in [1.29, 1.82) is 0 Å². The molecule has 0 radical (unpaired) electrons. The number of aromatic nitrogens is 4. The molecule has 130 valence electrons. The standard InChI is InChI=1S/C16H12F4N4O/c1-9(24-22-8-21-23-24)16(25,10-2-4-12(17)14(19)6-10)11-3-5-13(18)15(20)7-11/h2-9,25H,1H3. The molecule has 9 heteroatoms. The first-order valence-corrected chi connectivity index (χ1v) is 7.20. The number of tetrazole rings is 1. The van der Waals surface area contributed by atoms with Crippen LogP contribution in [0, 0.1) is 23.3 Å². The molecule has 0 aliphatic rings. The fourth-order valence-electron chi connectivity index (χ4n) is 2.64.